The Morgan fingerprint density at radius 2 is 2.04 bits per heavy atom. The third-order valence-electron chi connectivity index (χ3n) is 3.95. The lowest BCUT2D eigenvalue weighted by Gasteiger charge is -2.39. The number of hydrogen-bond donors (Lipinski definition) is 1. The first kappa shape index (κ1) is 18.6. The van der Waals surface area contributed by atoms with Gasteiger partial charge in [0.2, 0.25) is 0 Å². The average Bonchev–Trinajstić information content (AvgIpc) is 2.51. The fourth-order valence-corrected chi connectivity index (χ4v) is 2.86. The van der Waals surface area contributed by atoms with Crippen LogP contribution in [0.5, 0.6) is 5.75 Å². The summed E-state index contributed by atoms with van der Waals surface area (Å²) in [7, 11) is 0. The molecule has 0 spiro atoms. The van der Waals surface area contributed by atoms with Crippen LogP contribution in [0.2, 0.25) is 0 Å². The highest BCUT2D eigenvalue weighted by atomic mass is 19.3. The number of nitrogens with one attached hydrogen (secondary N) is 1. The van der Waals surface area contributed by atoms with E-state index in [-0.39, 0.29) is 29.9 Å². The van der Waals surface area contributed by atoms with E-state index >= 15 is 0 Å². The molecule has 134 valence electrons. The topological polar surface area (TPSA) is 50.8 Å². The van der Waals surface area contributed by atoms with Crippen molar-refractivity contribution in [1.82, 2.24) is 10.2 Å². The normalized spacial score (nSPS) is 23.1. The van der Waals surface area contributed by atoms with Crippen LogP contribution in [0, 0.1) is 0 Å². The summed E-state index contributed by atoms with van der Waals surface area (Å²) < 4.78 is 34.5. The summed E-state index contributed by atoms with van der Waals surface area (Å²) in [6.07, 6.45) is 0.324. The van der Waals surface area contributed by atoms with Crippen LogP contribution in [0.1, 0.15) is 31.1 Å². The number of nitrogens with zero attached hydrogens (tertiary/aromatic N) is 1. The van der Waals surface area contributed by atoms with Crippen molar-refractivity contribution in [2.75, 3.05) is 19.6 Å². The average molecular weight is 342 g/mol. The monoisotopic (exact) mass is 342 g/mol. The Kier molecular flexibility index (Phi) is 6.51. The number of halogens is 2. The Morgan fingerprint density at radius 1 is 1.38 bits per heavy atom. The summed E-state index contributed by atoms with van der Waals surface area (Å²) in [5, 5.41) is 2.84. The number of morpholine rings is 1. The summed E-state index contributed by atoms with van der Waals surface area (Å²) in [6.45, 7) is 5.30. The van der Waals surface area contributed by atoms with Crippen molar-refractivity contribution in [2.24, 2.45) is 0 Å². The molecule has 3 unspecified atom stereocenters. The second kappa shape index (κ2) is 8.39. The van der Waals surface area contributed by atoms with E-state index in [4.69, 9.17) is 4.74 Å². The standard InChI is InChI=1S/C17H24F2N2O3/c1-11(21-9-12(2)23-13(3)10-21)8-20-16(22)14-5-4-6-15(7-14)24-17(18)19/h4-7,11-13,17H,8-10H2,1-3H3,(H,20,22). The summed E-state index contributed by atoms with van der Waals surface area (Å²) in [5.74, 6) is -0.336. The molecule has 1 heterocycles. The van der Waals surface area contributed by atoms with Gasteiger partial charge in [-0.05, 0) is 39.0 Å². The van der Waals surface area contributed by atoms with Gasteiger partial charge in [0, 0.05) is 31.2 Å². The van der Waals surface area contributed by atoms with Gasteiger partial charge in [0.25, 0.3) is 5.91 Å². The molecule has 1 aliphatic heterocycles. The molecular formula is C17H24F2N2O3. The van der Waals surface area contributed by atoms with Gasteiger partial charge in [-0.15, -0.1) is 0 Å². The van der Waals surface area contributed by atoms with Crippen LogP contribution >= 0.6 is 0 Å². The molecule has 1 aromatic rings. The van der Waals surface area contributed by atoms with Gasteiger partial charge < -0.3 is 14.8 Å². The van der Waals surface area contributed by atoms with Crippen LogP contribution in [0.3, 0.4) is 0 Å². The van der Waals surface area contributed by atoms with E-state index in [2.05, 4.69) is 15.0 Å². The molecule has 1 amide bonds. The Hall–Kier alpha value is -1.73. The van der Waals surface area contributed by atoms with Crippen molar-refractivity contribution < 1.29 is 23.0 Å². The lowest BCUT2D eigenvalue weighted by molar-refractivity contribution is -0.0778. The molecule has 5 nitrogen and oxygen atoms in total. The zero-order chi connectivity index (χ0) is 17.7. The van der Waals surface area contributed by atoms with Gasteiger partial charge in [-0.2, -0.15) is 8.78 Å². The number of benzene rings is 1. The second-order valence-corrected chi connectivity index (χ2v) is 6.18. The highest BCUT2D eigenvalue weighted by Gasteiger charge is 2.25. The molecule has 1 aliphatic rings. The van der Waals surface area contributed by atoms with Crippen LogP contribution in [0.4, 0.5) is 8.78 Å². The maximum atomic E-state index is 12.2. The lowest BCUT2D eigenvalue weighted by Crippen LogP contribution is -2.52. The van der Waals surface area contributed by atoms with Crippen LogP contribution in [0.15, 0.2) is 24.3 Å². The van der Waals surface area contributed by atoms with Crippen molar-refractivity contribution >= 4 is 5.91 Å². The predicted octanol–water partition coefficient (Wildman–Crippen LogP) is 2.52. The predicted molar refractivity (Wildman–Crippen MR) is 86.5 cm³/mol. The van der Waals surface area contributed by atoms with Crippen LogP contribution < -0.4 is 10.1 Å². The molecular weight excluding hydrogens is 318 g/mol. The van der Waals surface area contributed by atoms with Gasteiger partial charge in [-0.25, -0.2) is 0 Å². The highest BCUT2D eigenvalue weighted by Crippen LogP contribution is 2.16. The molecule has 1 fully saturated rings. The summed E-state index contributed by atoms with van der Waals surface area (Å²) in [5.41, 5.74) is 0.295. The summed E-state index contributed by atoms with van der Waals surface area (Å²) in [6, 6.07) is 5.94. The Bertz CT molecular complexity index is 546. The number of carbonyl (C=O) groups is 1. The molecule has 0 saturated carbocycles. The Balaban J connectivity index is 1.88. The lowest BCUT2D eigenvalue weighted by atomic mass is 10.1. The first-order valence-corrected chi connectivity index (χ1v) is 8.07. The fourth-order valence-electron chi connectivity index (χ4n) is 2.86. The van der Waals surface area contributed by atoms with Crippen LogP contribution in [0.25, 0.3) is 0 Å². The van der Waals surface area contributed by atoms with Gasteiger partial charge in [0.05, 0.1) is 12.2 Å². The molecule has 1 aromatic carbocycles. The molecule has 7 heteroatoms. The molecule has 24 heavy (non-hydrogen) atoms. The SMILES string of the molecule is CC1CN(C(C)CNC(=O)c2cccc(OC(F)F)c2)CC(C)O1. The Morgan fingerprint density at radius 3 is 2.67 bits per heavy atom. The van der Waals surface area contributed by atoms with Gasteiger partial charge in [-0.1, -0.05) is 6.07 Å². The van der Waals surface area contributed by atoms with Gasteiger partial charge >= 0.3 is 6.61 Å². The quantitative estimate of drug-likeness (QED) is 0.863. The van der Waals surface area contributed by atoms with Crippen LogP contribution in [-0.2, 0) is 4.74 Å². The van der Waals surface area contributed by atoms with E-state index in [1.165, 1.54) is 18.2 Å². The Labute approximate surface area is 140 Å². The molecule has 3 atom stereocenters. The van der Waals surface area contributed by atoms with E-state index in [0.29, 0.717) is 12.1 Å². The number of amides is 1. The van der Waals surface area contributed by atoms with E-state index in [9.17, 15) is 13.6 Å². The summed E-state index contributed by atoms with van der Waals surface area (Å²) >= 11 is 0. The molecule has 2 rings (SSSR count). The molecule has 1 N–H and O–H groups in total. The first-order valence-electron chi connectivity index (χ1n) is 8.07. The van der Waals surface area contributed by atoms with Gasteiger partial charge in [0.15, 0.2) is 0 Å². The van der Waals surface area contributed by atoms with Crippen LogP contribution in [-0.4, -0.2) is 55.3 Å². The molecule has 0 radical (unpaired) electrons. The van der Waals surface area contributed by atoms with Crippen molar-refractivity contribution in [2.45, 2.75) is 45.6 Å². The number of alkyl halides is 2. The van der Waals surface area contributed by atoms with Crippen molar-refractivity contribution in [3.8, 4) is 5.75 Å². The van der Waals surface area contributed by atoms with E-state index in [1.807, 2.05) is 20.8 Å². The van der Waals surface area contributed by atoms with Gasteiger partial charge in [0.1, 0.15) is 5.75 Å². The maximum absolute atomic E-state index is 12.2. The number of carbonyl (C=O) groups excluding carboxylic acids is 1. The molecule has 0 aliphatic carbocycles. The minimum absolute atomic E-state index is 0.0264. The minimum atomic E-state index is -2.91. The smallest absolute Gasteiger partial charge is 0.387 e. The number of ether oxygens (including phenoxy) is 2. The van der Waals surface area contributed by atoms with Crippen molar-refractivity contribution in [3.05, 3.63) is 29.8 Å². The summed E-state index contributed by atoms with van der Waals surface area (Å²) in [4.78, 5) is 14.5. The highest BCUT2D eigenvalue weighted by molar-refractivity contribution is 5.94. The first-order chi connectivity index (χ1) is 11.3. The second-order valence-electron chi connectivity index (χ2n) is 6.18. The van der Waals surface area contributed by atoms with E-state index in [0.717, 1.165) is 13.1 Å². The zero-order valence-corrected chi connectivity index (χ0v) is 14.2. The zero-order valence-electron chi connectivity index (χ0n) is 14.2. The van der Waals surface area contributed by atoms with E-state index < -0.39 is 6.61 Å². The fraction of sp³-hybridized carbons (Fsp3) is 0.588. The number of rotatable bonds is 6. The maximum Gasteiger partial charge on any atom is 0.387 e. The largest absolute Gasteiger partial charge is 0.435 e. The third-order valence-corrected chi connectivity index (χ3v) is 3.95. The van der Waals surface area contributed by atoms with Crippen molar-refractivity contribution in [3.63, 3.8) is 0 Å². The number of hydrogen-bond acceptors (Lipinski definition) is 4. The molecule has 0 aromatic heterocycles. The third kappa shape index (κ3) is 5.42. The van der Waals surface area contributed by atoms with Gasteiger partial charge in [-0.3, -0.25) is 9.69 Å². The molecule has 1 saturated heterocycles. The minimum Gasteiger partial charge on any atom is -0.435 e. The van der Waals surface area contributed by atoms with E-state index in [1.54, 1.807) is 6.07 Å². The van der Waals surface area contributed by atoms with Crippen molar-refractivity contribution in [1.29, 1.82) is 0 Å². The molecule has 0 bridgehead atoms.